The zero-order chi connectivity index (χ0) is 23.0. The van der Waals surface area contributed by atoms with Crippen LogP contribution in [0.5, 0.6) is 5.75 Å². The number of piperidine rings is 1. The van der Waals surface area contributed by atoms with Gasteiger partial charge >= 0.3 is 0 Å². The number of primary amides is 1. The van der Waals surface area contributed by atoms with E-state index in [1.165, 1.54) is 0 Å². The van der Waals surface area contributed by atoms with Crippen LogP contribution in [0, 0.1) is 12.8 Å². The number of rotatable bonds is 3. The summed E-state index contributed by atoms with van der Waals surface area (Å²) in [6.07, 6.45) is 2.54. The largest absolute Gasteiger partial charge is 0.486 e. The maximum absolute atomic E-state index is 13.1. The van der Waals surface area contributed by atoms with Crippen LogP contribution in [0.4, 0.5) is 0 Å². The first kappa shape index (κ1) is 22.3. The van der Waals surface area contributed by atoms with E-state index in [0.29, 0.717) is 56.6 Å². The summed E-state index contributed by atoms with van der Waals surface area (Å²) in [6.45, 7) is 4.99. The quantitative estimate of drug-likeness (QED) is 0.769. The average Bonchev–Trinajstić information content (AvgIpc) is 2.92. The van der Waals surface area contributed by atoms with Gasteiger partial charge in [0.05, 0.1) is 12.0 Å². The third kappa shape index (κ3) is 4.23. The van der Waals surface area contributed by atoms with Gasteiger partial charge in [0, 0.05) is 38.4 Å². The van der Waals surface area contributed by atoms with Crippen LogP contribution in [0.25, 0.3) is 0 Å². The van der Waals surface area contributed by atoms with Crippen molar-refractivity contribution in [3.8, 4) is 5.75 Å². The van der Waals surface area contributed by atoms with Crippen molar-refractivity contribution in [2.75, 3.05) is 19.6 Å². The van der Waals surface area contributed by atoms with Crippen LogP contribution in [0.3, 0.4) is 0 Å². The molecule has 2 N–H and O–H groups in total. The number of ether oxygens (including phenoxy) is 1. The molecular weight excluding hydrogens is 410 g/mol. The van der Waals surface area contributed by atoms with Gasteiger partial charge in [0.1, 0.15) is 17.4 Å². The number of carbonyl (C=O) groups excluding carboxylic acids is 4. The SMILES string of the molecule is Cc1ccc2c(c1)C(=O)C[C@]1(CCC(=O)N([C@H](C)C(=O)N3CCC(C(N)=O)CC3)CC1)O2. The second-order valence-corrected chi connectivity index (χ2v) is 9.40. The summed E-state index contributed by atoms with van der Waals surface area (Å²) in [5.41, 5.74) is 6.28. The number of likely N-dealkylation sites (tertiary alicyclic amines) is 2. The Morgan fingerprint density at radius 1 is 1.16 bits per heavy atom. The second kappa shape index (κ2) is 8.56. The molecule has 2 saturated heterocycles. The number of ketones is 1. The maximum Gasteiger partial charge on any atom is 0.245 e. The first-order chi connectivity index (χ1) is 15.2. The van der Waals surface area contributed by atoms with Crippen molar-refractivity contribution in [1.29, 1.82) is 0 Å². The zero-order valence-electron chi connectivity index (χ0n) is 18.8. The topological polar surface area (TPSA) is 110 Å². The molecular formula is C24H31N3O5. The molecule has 4 rings (SSSR count). The van der Waals surface area contributed by atoms with Gasteiger partial charge in [0.2, 0.25) is 17.7 Å². The number of Topliss-reactive ketones (excluding diaryl/α,β-unsaturated/α-hetero) is 1. The predicted octanol–water partition coefficient (Wildman–Crippen LogP) is 1.82. The van der Waals surface area contributed by atoms with Gasteiger partial charge in [0.15, 0.2) is 5.78 Å². The van der Waals surface area contributed by atoms with E-state index in [1.807, 2.05) is 25.1 Å². The molecule has 3 aliphatic heterocycles. The van der Waals surface area contributed by atoms with Gasteiger partial charge in [-0.05, 0) is 45.2 Å². The molecule has 1 aromatic rings. The normalized spacial score (nSPS) is 25.2. The van der Waals surface area contributed by atoms with Crippen LogP contribution in [0.1, 0.15) is 61.4 Å². The Hall–Kier alpha value is -2.90. The summed E-state index contributed by atoms with van der Waals surface area (Å²) in [7, 11) is 0. The number of aryl methyl sites for hydroxylation is 1. The fraction of sp³-hybridized carbons (Fsp3) is 0.583. The highest BCUT2D eigenvalue weighted by Gasteiger charge is 2.44. The summed E-state index contributed by atoms with van der Waals surface area (Å²) >= 11 is 0. The van der Waals surface area contributed by atoms with Crippen molar-refractivity contribution in [2.24, 2.45) is 11.7 Å². The molecule has 0 radical (unpaired) electrons. The monoisotopic (exact) mass is 441 g/mol. The highest BCUT2D eigenvalue weighted by atomic mass is 16.5. The molecule has 2 atom stereocenters. The van der Waals surface area contributed by atoms with Crippen molar-refractivity contribution in [1.82, 2.24) is 9.80 Å². The van der Waals surface area contributed by atoms with E-state index < -0.39 is 11.6 Å². The molecule has 0 saturated carbocycles. The standard InChI is InChI=1S/C24H31N3O5/c1-15-3-4-20-18(13-15)19(28)14-24(32-20)8-5-21(29)27(12-9-24)16(2)23(31)26-10-6-17(7-11-26)22(25)30/h3-4,13,16-17H,5-12,14H2,1-2H3,(H2,25,30)/t16-,24-/m1/s1. The smallest absolute Gasteiger partial charge is 0.245 e. The lowest BCUT2D eigenvalue weighted by molar-refractivity contribution is -0.146. The lowest BCUT2D eigenvalue weighted by atomic mass is 9.84. The van der Waals surface area contributed by atoms with Crippen LogP contribution in [0.15, 0.2) is 18.2 Å². The van der Waals surface area contributed by atoms with E-state index in [9.17, 15) is 19.2 Å². The molecule has 8 heteroatoms. The highest BCUT2D eigenvalue weighted by Crippen LogP contribution is 2.40. The summed E-state index contributed by atoms with van der Waals surface area (Å²) in [4.78, 5) is 53.6. The molecule has 0 bridgehead atoms. The van der Waals surface area contributed by atoms with Crippen molar-refractivity contribution in [3.05, 3.63) is 29.3 Å². The van der Waals surface area contributed by atoms with Crippen LogP contribution < -0.4 is 10.5 Å². The number of hydrogen-bond acceptors (Lipinski definition) is 5. The third-order valence-corrected chi connectivity index (χ3v) is 7.20. The fourth-order valence-corrected chi connectivity index (χ4v) is 5.13. The van der Waals surface area contributed by atoms with E-state index in [1.54, 1.807) is 16.7 Å². The molecule has 3 amide bonds. The highest BCUT2D eigenvalue weighted by molar-refractivity contribution is 6.00. The van der Waals surface area contributed by atoms with Crippen molar-refractivity contribution in [3.63, 3.8) is 0 Å². The van der Waals surface area contributed by atoms with E-state index >= 15 is 0 Å². The van der Waals surface area contributed by atoms with E-state index in [2.05, 4.69) is 0 Å². The Bertz CT molecular complexity index is 953. The molecule has 3 aliphatic rings. The van der Waals surface area contributed by atoms with Crippen LogP contribution >= 0.6 is 0 Å². The summed E-state index contributed by atoms with van der Waals surface area (Å²) in [5.74, 6) is -0.107. The summed E-state index contributed by atoms with van der Waals surface area (Å²) < 4.78 is 6.31. The summed E-state index contributed by atoms with van der Waals surface area (Å²) in [6, 6.07) is 5.00. The number of hydrogen-bond donors (Lipinski definition) is 1. The Morgan fingerprint density at radius 2 is 1.88 bits per heavy atom. The van der Waals surface area contributed by atoms with E-state index in [4.69, 9.17) is 10.5 Å². The number of amides is 3. The molecule has 3 heterocycles. The Kier molecular flexibility index (Phi) is 5.97. The number of benzene rings is 1. The van der Waals surface area contributed by atoms with Crippen molar-refractivity contribution >= 4 is 23.5 Å². The summed E-state index contributed by atoms with van der Waals surface area (Å²) in [5, 5.41) is 0. The first-order valence-electron chi connectivity index (χ1n) is 11.4. The van der Waals surface area contributed by atoms with Gasteiger partial charge in [-0.15, -0.1) is 0 Å². The molecule has 0 aromatic heterocycles. The van der Waals surface area contributed by atoms with Gasteiger partial charge < -0.3 is 20.3 Å². The molecule has 0 unspecified atom stereocenters. The van der Waals surface area contributed by atoms with Crippen molar-refractivity contribution in [2.45, 2.75) is 64.0 Å². The predicted molar refractivity (Wildman–Crippen MR) is 117 cm³/mol. The molecule has 1 spiro atoms. The van der Waals surface area contributed by atoms with Crippen LogP contribution in [-0.4, -0.2) is 64.6 Å². The first-order valence-corrected chi connectivity index (χ1v) is 11.4. The van der Waals surface area contributed by atoms with Crippen molar-refractivity contribution < 1.29 is 23.9 Å². The molecule has 2 fully saturated rings. The Morgan fingerprint density at radius 3 is 2.56 bits per heavy atom. The number of fused-ring (bicyclic) bond motifs is 1. The molecule has 32 heavy (non-hydrogen) atoms. The maximum atomic E-state index is 13.1. The molecule has 0 aliphatic carbocycles. The number of nitrogens with two attached hydrogens (primary N) is 1. The second-order valence-electron chi connectivity index (χ2n) is 9.40. The Balaban J connectivity index is 1.44. The Labute approximate surface area is 188 Å². The lowest BCUT2D eigenvalue weighted by Gasteiger charge is -2.38. The van der Waals surface area contributed by atoms with Crippen LogP contribution in [-0.2, 0) is 14.4 Å². The van der Waals surface area contributed by atoms with Crippen LogP contribution in [0.2, 0.25) is 0 Å². The van der Waals surface area contributed by atoms with Gasteiger partial charge in [0.25, 0.3) is 0 Å². The minimum atomic E-state index is -0.716. The number of nitrogens with zero attached hydrogens (tertiary/aromatic N) is 2. The van der Waals surface area contributed by atoms with Gasteiger partial charge in [-0.2, -0.15) is 0 Å². The zero-order valence-corrected chi connectivity index (χ0v) is 18.8. The average molecular weight is 442 g/mol. The van der Waals surface area contributed by atoms with Gasteiger partial charge in [-0.3, -0.25) is 19.2 Å². The molecule has 1 aromatic carbocycles. The van der Waals surface area contributed by atoms with E-state index in [-0.39, 0.29) is 42.3 Å². The number of carbonyl (C=O) groups is 4. The fourth-order valence-electron chi connectivity index (χ4n) is 5.13. The minimum Gasteiger partial charge on any atom is -0.486 e. The lowest BCUT2D eigenvalue weighted by Crippen LogP contribution is -2.52. The van der Waals surface area contributed by atoms with Gasteiger partial charge in [-0.1, -0.05) is 11.6 Å². The van der Waals surface area contributed by atoms with E-state index in [0.717, 1.165) is 5.56 Å². The van der Waals surface area contributed by atoms with Gasteiger partial charge in [-0.25, -0.2) is 0 Å². The minimum absolute atomic E-state index is 0.0392. The molecule has 8 nitrogen and oxygen atoms in total. The molecule has 172 valence electrons. The third-order valence-electron chi connectivity index (χ3n) is 7.20.